The van der Waals surface area contributed by atoms with E-state index in [0.29, 0.717) is 5.13 Å². The van der Waals surface area contributed by atoms with E-state index in [1.165, 1.54) is 11.3 Å². The Balaban J connectivity index is 2.47. The highest BCUT2D eigenvalue weighted by atomic mass is 32.1. The summed E-state index contributed by atoms with van der Waals surface area (Å²) in [5.41, 5.74) is 0. The number of carbonyl (C=O) groups is 2. The molecule has 1 heterocycles. The number of nitrogens with one attached hydrogen (secondary N) is 1. The van der Waals surface area contributed by atoms with Crippen LogP contribution in [0.1, 0.15) is 0 Å². The molecule has 1 aromatic heterocycles. The van der Waals surface area contributed by atoms with Crippen molar-refractivity contribution < 1.29 is 14.7 Å². The first-order valence-electron chi connectivity index (χ1n) is 3.30. The lowest BCUT2D eigenvalue weighted by atomic mass is 10.5. The molecule has 0 aliphatic rings. The minimum absolute atomic E-state index is 0.444. The zero-order valence-electron chi connectivity index (χ0n) is 6.43. The zero-order valence-corrected chi connectivity index (χ0v) is 7.25. The first-order chi connectivity index (χ1) is 6.18. The number of carboxylic acid groups (broad SMARTS) is 1. The van der Waals surface area contributed by atoms with E-state index in [9.17, 15) is 9.59 Å². The Bertz CT molecular complexity index is 332. The second-order valence-corrected chi connectivity index (χ2v) is 2.89. The van der Waals surface area contributed by atoms with E-state index in [1.54, 1.807) is 11.6 Å². The van der Waals surface area contributed by atoms with Crippen LogP contribution < -0.4 is 5.32 Å². The van der Waals surface area contributed by atoms with Crippen LogP contribution in [0.15, 0.2) is 23.7 Å². The molecule has 0 spiro atoms. The Kier molecular flexibility index (Phi) is 3.15. The molecule has 0 radical (unpaired) electrons. The fourth-order valence-corrected chi connectivity index (χ4v) is 1.11. The third-order valence-electron chi connectivity index (χ3n) is 1.04. The highest BCUT2D eigenvalue weighted by Crippen LogP contribution is 2.09. The van der Waals surface area contributed by atoms with Gasteiger partial charge in [0.1, 0.15) is 0 Å². The van der Waals surface area contributed by atoms with Crippen LogP contribution in [-0.2, 0) is 9.59 Å². The first-order valence-corrected chi connectivity index (χ1v) is 4.18. The molecule has 1 amide bonds. The average molecular weight is 198 g/mol. The van der Waals surface area contributed by atoms with Gasteiger partial charge in [0.05, 0.1) is 0 Å². The van der Waals surface area contributed by atoms with Gasteiger partial charge in [-0.2, -0.15) is 0 Å². The van der Waals surface area contributed by atoms with Gasteiger partial charge in [0.15, 0.2) is 5.13 Å². The van der Waals surface area contributed by atoms with E-state index in [-0.39, 0.29) is 0 Å². The van der Waals surface area contributed by atoms with Crippen molar-refractivity contribution in [3.8, 4) is 0 Å². The predicted octanol–water partition coefficient (Wildman–Crippen LogP) is 0.722. The number of nitrogens with zero attached hydrogens (tertiary/aromatic N) is 1. The fourth-order valence-electron chi connectivity index (χ4n) is 0.579. The van der Waals surface area contributed by atoms with E-state index in [4.69, 9.17) is 5.11 Å². The van der Waals surface area contributed by atoms with Crippen molar-refractivity contribution in [1.29, 1.82) is 0 Å². The molecule has 1 aromatic rings. The number of aliphatic carboxylic acids is 1. The lowest BCUT2D eigenvalue weighted by molar-refractivity contribution is -0.131. The van der Waals surface area contributed by atoms with Crippen LogP contribution in [0.3, 0.4) is 0 Å². The molecule has 0 fully saturated rings. The SMILES string of the molecule is O=C(O)/C=C/C(=O)Nc1nccs1. The van der Waals surface area contributed by atoms with Gasteiger partial charge in [0.25, 0.3) is 0 Å². The molecular formula is C7H6N2O3S. The first kappa shape index (κ1) is 9.40. The van der Waals surface area contributed by atoms with Gasteiger partial charge in [-0.3, -0.25) is 10.1 Å². The minimum atomic E-state index is -1.16. The molecule has 0 atom stereocenters. The number of hydrogen-bond acceptors (Lipinski definition) is 4. The van der Waals surface area contributed by atoms with Crippen molar-refractivity contribution >= 4 is 28.3 Å². The standard InChI is InChI=1S/C7H6N2O3S/c10-5(1-2-6(11)12)9-7-8-3-4-13-7/h1-4H,(H,11,12)(H,8,9,10)/b2-1+. The molecule has 0 aromatic carbocycles. The summed E-state index contributed by atoms with van der Waals surface area (Å²) in [6, 6.07) is 0. The van der Waals surface area contributed by atoms with Crippen molar-refractivity contribution in [2.75, 3.05) is 5.32 Å². The highest BCUT2D eigenvalue weighted by Gasteiger charge is 1.99. The number of carboxylic acids is 1. The van der Waals surface area contributed by atoms with Crippen molar-refractivity contribution in [1.82, 2.24) is 4.98 Å². The Morgan fingerprint density at radius 2 is 2.31 bits per heavy atom. The molecule has 68 valence electrons. The number of aromatic nitrogens is 1. The third-order valence-corrected chi connectivity index (χ3v) is 1.73. The van der Waals surface area contributed by atoms with E-state index in [1.807, 2.05) is 0 Å². The van der Waals surface area contributed by atoms with E-state index in [0.717, 1.165) is 12.2 Å². The number of carbonyl (C=O) groups excluding carboxylic acids is 1. The van der Waals surface area contributed by atoms with Gasteiger partial charge in [-0.25, -0.2) is 9.78 Å². The van der Waals surface area contributed by atoms with Gasteiger partial charge in [0.2, 0.25) is 5.91 Å². The van der Waals surface area contributed by atoms with Gasteiger partial charge in [-0.1, -0.05) is 0 Å². The van der Waals surface area contributed by atoms with Gasteiger partial charge in [-0.15, -0.1) is 11.3 Å². The molecule has 6 heteroatoms. The normalized spacial score (nSPS) is 10.2. The largest absolute Gasteiger partial charge is 0.478 e. The highest BCUT2D eigenvalue weighted by molar-refractivity contribution is 7.13. The topological polar surface area (TPSA) is 79.3 Å². The van der Waals surface area contributed by atoms with Crippen molar-refractivity contribution in [2.45, 2.75) is 0 Å². The predicted molar refractivity (Wildman–Crippen MR) is 47.5 cm³/mol. The summed E-state index contributed by atoms with van der Waals surface area (Å²) in [6.45, 7) is 0. The molecule has 0 saturated heterocycles. The van der Waals surface area contributed by atoms with Crippen LogP contribution in [-0.4, -0.2) is 22.0 Å². The Hall–Kier alpha value is -1.69. The number of rotatable bonds is 3. The summed E-state index contributed by atoms with van der Waals surface area (Å²) in [6.07, 6.45) is 3.24. The van der Waals surface area contributed by atoms with Crippen molar-refractivity contribution in [3.05, 3.63) is 23.7 Å². The maximum Gasteiger partial charge on any atom is 0.328 e. The molecule has 0 saturated carbocycles. The summed E-state index contributed by atoms with van der Waals surface area (Å²) in [5, 5.41) is 12.8. The number of anilines is 1. The van der Waals surface area contributed by atoms with Gasteiger partial charge in [0, 0.05) is 23.7 Å². The number of hydrogen-bond donors (Lipinski definition) is 2. The minimum Gasteiger partial charge on any atom is -0.478 e. The molecule has 1 rings (SSSR count). The molecule has 0 aliphatic heterocycles. The summed E-state index contributed by atoms with van der Waals surface area (Å²) < 4.78 is 0. The maximum atomic E-state index is 10.9. The quantitative estimate of drug-likeness (QED) is 0.701. The van der Waals surface area contributed by atoms with Gasteiger partial charge in [-0.05, 0) is 0 Å². The van der Waals surface area contributed by atoms with E-state index < -0.39 is 11.9 Å². The number of amides is 1. The monoisotopic (exact) mass is 198 g/mol. The second kappa shape index (κ2) is 4.36. The van der Waals surface area contributed by atoms with E-state index in [2.05, 4.69) is 10.3 Å². The van der Waals surface area contributed by atoms with Crippen LogP contribution in [0.5, 0.6) is 0 Å². The fraction of sp³-hybridized carbons (Fsp3) is 0. The lowest BCUT2D eigenvalue weighted by Crippen LogP contribution is -2.08. The van der Waals surface area contributed by atoms with Crippen LogP contribution in [0.2, 0.25) is 0 Å². The zero-order chi connectivity index (χ0) is 9.68. The molecule has 0 bridgehead atoms. The summed E-state index contributed by atoms with van der Waals surface area (Å²) in [7, 11) is 0. The average Bonchev–Trinajstić information content (AvgIpc) is 2.53. The third kappa shape index (κ3) is 3.48. The molecule has 0 unspecified atom stereocenters. The molecular weight excluding hydrogens is 192 g/mol. The Morgan fingerprint density at radius 3 is 2.85 bits per heavy atom. The van der Waals surface area contributed by atoms with Crippen LogP contribution in [0.4, 0.5) is 5.13 Å². The van der Waals surface area contributed by atoms with Gasteiger partial charge >= 0.3 is 5.97 Å². The van der Waals surface area contributed by atoms with E-state index >= 15 is 0 Å². The lowest BCUT2D eigenvalue weighted by Gasteiger charge is -1.93. The van der Waals surface area contributed by atoms with Crippen LogP contribution >= 0.6 is 11.3 Å². The Morgan fingerprint density at radius 1 is 1.54 bits per heavy atom. The molecule has 13 heavy (non-hydrogen) atoms. The smallest absolute Gasteiger partial charge is 0.328 e. The van der Waals surface area contributed by atoms with Crippen LogP contribution in [0, 0.1) is 0 Å². The maximum absolute atomic E-state index is 10.9. The van der Waals surface area contributed by atoms with Crippen molar-refractivity contribution in [3.63, 3.8) is 0 Å². The van der Waals surface area contributed by atoms with Crippen LogP contribution in [0.25, 0.3) is 0 Å². The summed E-state index contributed by atoms with van der Waals surface area (Å²) in [4.78, 5) is 24.7. The Labute approximate surface area is 77.7 Å². The second-order valence-electron chi connectivity index (χ2n) is 2.00. The molecule has 0 aliphatic carbocycles. The number of thiazole rings is 1. The summed E-state index contributed by atoms with van der Waals surface area (Å²) >= 11 is 1.26. The van der Waals surface area contributed by atoms with Crippen molar-refractivity contribution in [2.24, 2.45) is 0 Å². The molecule has 5 nitrogen and oxygen atoms in total. The molecule has 2 N–H and O–H groups in total. The van der Waals surface area contributed by atoms with Gasteiger partial charge < -0.3 is 5.11 Å². The summed E-state index contributed by atoms with van der Waals surface area (Å²) in [5.74, 6) is -1.66.